The lowest BCUT2D eigenvalue weighted by Gasteiger charge is -2.20. The van der Waals surface area contributed by atoms with Crippen LogP contribution in [0.3, 0.4) is 0 Å². The molecule has 654 valence electrons. The summed E-state index contributed by atoms with van der Waals surface area (Å²) in [4.78, 5) is 0. The Labute approximate surface area is 817 Å². The van der Waals surface area contributed by atoms with Crippen LogP contribution in [-0.4, -0.2) is 0 Å². The lowest BCUT2D eigenvalue weighted by atomic mass is 9.83. The Hall–Kier alpha value is -18.2. The van der Waals surface area contributed by atoms with Crippen LogP contribution in [0.15, 0.2) is 570 Å². The molecule has 0 bridgehead atoms. The van der Waals surface area contributed by atoms with Crippen molar-refractivity contribution in [3.8, 4) is 167 Å². The highest BCUT2D eigenvalue weighted by atomic mass is 14.3. The molecule has 0 unspecified atom stereocenters. The van der Waals surface area contributed by atoms with Gasteiger partial charge in [0.1, 0.15) is 0 Å². The minimum absolute atomic E-state index is 1.22. The molecule has 0 heterocycles. The minimum atomic E-state index is 1.22. The van der Waals surface area contributed by atoms with E-state index in [0.717, 1.165) is 0 Å². The van der Waals surface area contributed by atoms with Gasteiger partial charge in [-0.1, -0.05) is 528 Å². The molecule has 140 heavy (non-hydrogen) atoms. The van der Waals surface area contributed by atoms with E-state index >= 15 is 0 Å². The van der Waals surface area contributed by atoms with Gasteiger partial charge in [0, 0.05) is 0 Å². The highest BCUT2D eigenvalue weighted by molar-refractivity contribution is 6.26. The molecule has 0 fully saturated rings. The van der Waals surface area contributed by atoms with E-state index in [0.29, 0.717) is 0 Å². The van der Waals surface area contributed by atoms with Gasteiger partial charge in [-0.3, -0.25) is 0 Å². The van der Waals surface area contributed by atoms with E-state index in [1.165, 1.54) is 253 Å². The topological polar surface area (TPSA) is 0 Å². The van der Waals surface area contributed by atoms with Gasteiger partial charge in [0.2, 0.25) is 0 Å². The van der Waals surface area contributed by atoms with Crippen molar-refractivity contribution in [3.05, 3.63) is 570 Å². The van der Waals surface area contributed by atoms with Crippen molar-refractivity contribution in [3.63, 3.8) is 0 Å². The first kappa shape index (κ1) is 84.8. The Morgan fingerprint density at radius 1 is 0.0714 bits per heavy atom. The van der Waals surface area contributed by atoms with E-state index in [1.54, 1.807) is 0 Å². The van der Waals surface area contributed by atoms with E-state index < -0.39 is 0 Å². The molecule has 0 saturated carbocycles. The van der Waals surface area contributed by atoms with E-state index in [-0.39, 0.29) is 0 Å². The first-order valence-corrected chi connectivity index (χ1v) is 48.4. The fourth-order valence-corrected chi connectivity index (χ4v) is 21.4. The zero-order valence-corrected chi connectivity index (χ0v) is 77.3. The lowest BCUT2D eigenvalue weighted by Crippen LogP contribution is -1.93. The molecule has 0 nitrogen and oxygen atoms in total. The fourth-order valence-electron chi connectivity index (χ4n) is 21.4. The third-order valence-corrected chi connectivity index (χ3v) is 28.0. The monoisotopic (exact) mass is 1770 g/mol. The van der Waals surface area contributed by atoms with E-state index in [9.17, 15) is 0 Å². The number of hydrogen-bond donors (Lipinski definition) is 0. The molecular weight excluding hydrogens is 1680 g/mol. The van der Waals surface area contributed by atoms with E-state index in [2.05, 4.69) is 570 Å². The molecule has 26 aromatic rings. The standard InChI is InChI=1S/2C48H32.C44H30/c1-3-14-33(15-4-1)36-20-11-22-39(30-36)47-43-25-9-10-26-44(43)48(40-23-12-21-37(31-40)34-16-5-2-6-17-34)46-32-38(28-29-45(46)47)42-27-13-19-35-18-7-8-24-41(35)42;1-3-12-33(13-4-1)35-22-26-38(27-23-35)47-43-19-9-10-20-44(43)48(39-28-24-36(25-29-39)34-14-5-2-6-15-34)46-32-40(30-31-45(46)47)42-21-11-17-37-16-7-8-18-41(37)42;1-4-14-31(15-5-1)34-20-12-22-37(28-34)43-39-24-10-11-25-40(39)44(38-23-13-21-35(29-38)32-16-6-2-7-17-32)42-30-36(26-27-41(42)43)33-18-8-3-9-19-33/h2*1-32H;1-30H. The molecule has 0 saturated heterocycles. The predicted molar refractivity (Wildman–Crippen MR) is 601 cm³/mol. The highest BCUT2D eigenvalue weighted by Gasteiger charge is 2.25. The van der Waals surface area contributed by atoms with Gasteiger partial charge < -0.3 is 0 Å². The molecule has 0 aliphatic rings. The van der Waals surface area contributed by atoms with Gasteiger partial charge >= 0.3 is 0 Å². The Balaban J connectivity index is 0.000000114. The normalized spacial score (nSPS) is 11.3. The van der Waals surface area contributed by atoms with Crippen molar-refractivity contribution in [1.29, 1.82) is 0 Å². The summed E-state index contributed by atoms with van der Waals surface area (Å²) in [6.45, 7) is 0. The molecule has 26 rings (SSSR count). The van der Waals surface area contributed by atoms with Crippen molar-refractivity contribution in [2.24, 2.45) is 0 Å². The average molecular weight is 1780 g/mol. The number of benzene rings is 26. The fraction of sp³-hybridized carbons (Fsp3) is 0. The van der Waals surface area contributed by atoms with Crippen LogP contribution in [-0.2, 0) is 0 Å². The second-order valence-corrected chi connectivity index (χ2v) is 36.3. The van der Waals surface area contributed by atoms with E-state index in [1.807, 2.05) is 0 Å². The van der Waals surface area contributed by atoms with Crippen LogP contribution in [0, 0.1) is 0 Å². The lowest BCUT2D eigenvalue weighted by molar-refractivity contribution is 1.60. The predicted octanol–water partition coefficient (Wildman–Crippen LogP) is 39.3. The zero-order valence-electron chi connectivity index (χ0n) is 77.3. The molecule has 0 aromatic heterocycles. The molecule has 0 N–H and O–H groups in total. The van der Waals surface area contributed by atoms with Crippen molar-refractivity contribution < 1.29 is 0 Å². The maximum Gasteiger partial charge on any atom is -0.00259 e. The Bertz CT molecular complexity index is 9070. The van der Waals surface area contributed by atoms with Crippen LogP contribution in [0.2, 0.25) is 0 Å². The summed E-state index contributed by atoms with van der Waals surface area (Å²) in [6.07, 6.45) is 0. The first-order chi connectivity index (χ1) is 69.5. The van der Waals surface area contributed by atoms with Crippen molar-refractivity contribution >= 4 is 86.2 Å². The quantitative estimate of drug-likeness (QED) is 0.0898. The Kier molecular flexibility index (Phi) is 23.0. The molecule has 0 radical (unpaired) electrons. The van der Waals surface area contributed by atoms with Gasteiger partial charge in [-0.15, -0.1) is 0 Å². The van der Waals surface area contributed by atoms with Crippen LogP contribution in [0.4, 0.5) is 0 Å². The number of hydrogen-bond acceptors (Lipinski definition) is 0. The Morgan fingerprint density at radius 3 is 0.514 bits per heavy atom. The van der Waals surface area contributed by atoms with Gasteiger partial charge in [-0.2, -0.15) is 0 Å². The van der Waals surface area contributed by atoms with Gasteiger partial charge in [-0.05, 0) is 296 Å². The highest BCUT2D eigenvalue weighted by Crippen LogP contribution is 2.52. The van der Waals surface area contributed by atoms with Gasteiger partial charge in [0.15, 0.2) is 0 Å². The minimum Gasteiger partial charge on any atom is -0.0622 e. The maximum atomic E-state index is 2.43. The van der Waals surface area contributed by atoms with Crippen LogP contribution < -0.4 is 0 Å². The third-order valence-electron chi connectivity index (χ3n) is 28.0. The summed E-state index contributed by atoms with van der Waals surface area (Å²) in [5.41, 5.74) is 37.0. The second kappa shape index (κ2) is 37.9. The average Bonchev–Trinajstić information content (AvgIpc) is 0.737. The molecule has 0 aliphatic heterocycles. The Morgan fingerprint density at radius 2 is 0.229 bits per heavy atom. The van der Waals surface area contributed by atoms with Gasteiger partial charge in [0.05, 0.1) is 0 Å². The summed E-state index contributed by atoms with van der Waals surface area (Å²) < 4.78 is 0. The molecule has 0 heteroatoms. The van der Waals surface area contributed by atoms with Crippen LogP contribution in [0.1, 0.15) is 0 Å². The molecule has 0 amide bonds. The van der Waals surface area contributed by atoms with Crippen molar-refractivity contribution in [2.45, 2.75) is 0 Å². The zero-order chi connectivity index (χ0) is 93.0. The third kappa shape index (κ3) is 16.5. The second-order valence-electron chi connectivity index (χ2n) is 36.3. The van der Waals surface area contributed by atoms with Crippen LogP contribution >= 0.6 is 0 Å². The van der Waals surface area contributed by atoms with Crippen LogP contribution in [0.25, 0.3) is 253 Å². The maximum absolute atomic E-state index is 2.43. The molecule has 0 spiro atoms. The van der Waals surface area contributed by atoms with Gasteiger partial charge in [0.25, 0.3) is 0 Å². The molecule has 26 aromatic carbocycles. The van der Waals surface area contributed by atoms with E-state index in [4.69, 9.17) is 0 Å². The summed E-state index contributed by atoms with van der Waals surface area (Å²) in [5, 5.41) is 20.1. The number of fused-ring (bicyclic) bond motifs is 8. The van der Waals surface area contributed by atoms with Gasteiger partial charge in [-0.25, -0.2) is 0 Å². The summed E-state index contributed by atoms with van der Waals surface area (Å²) in [6, 6.07) is 208. The SMILES string of the molecule is c1ccc(-c2ccc(-c3c4ccccc4c(-c4ccc(-c5ccccc5)cc4)c4cc(-c5cccc6ccccc56)ccc34)cc2)cc1.c1ccc(-c2cccc(-c3c4ccccc4c(-c4cccc(-c5ccccc5)c4)c4cc(-c5cccc6ccccc56)ccc34)c2)cc1.c1ccc(-c2cccc(-c3c4ccccc4c(-c4cccc(-c5ccccc5)c4)c4cc(-c5ccccc5)ccc34)c2)cc1. The summed E-state index contributed by atoms with van der Waals surface area (Å²) in [7, 11) is 0. The first-order valence-electron chi connectivity index (χ1n) is 48.4. The smallest absolute Gasteiger partial charge is 0.00259 e. The summed E-state index contributed by atoms with van der Waals surface area (Å²) in [5.74, 6) is 0. The van der Waals surface area contributed by atoms with Crippen molar-refractivity contribution in [2.75, 3.05) is 0 Å². The molecular formula is C140H94. The largest absolute Gasteiger partial charge is 0.0622 e. The summed E-state index contributed by atoms with van der Waals surface area (Å²) >= 11 is 0. The molecule has 0 atom stereocenters. The molecule has 0 aliphatic carbocycles. The van der Waals surface area contributed by atoms with Crippen LogP contribution in [0.5, 0.6) is 0 Å². The van der Waals surface area contributed by atoms with Crippen molar-refractivity contribution in [1.82, 2.24) is 0 Å². The number of rotatable bonds is 15.